The summed E-state index contributed by atoms with van der Waals surface area (Å²) < 4.78 is 6.20. The molecule has 0 spiro atoms. The van der Waals surface area contributed by atoms with Gasteiger partial charge in [0.1, 0.15) is 0 Å². The van der Waals surface area contributed by atoms with Crippen LogP contribution in [0.3, 0.4) is 0 Å². The molecule has 2 heteroatoms. The molecule has 0 radical (unpaired) electrons. The fraction of sp³-hybridized carbons (Fsp3) is 1.00. The SMILES string of the molecule is CCC(C)(CC)CC(OC(C)CO)C(C)(CC)CC. The van der Waals surface area contributed by atoms with E-state index in [0.29, 0.717) is 5.41 Å². The molecule has 2 nitrogen and oxygen atoms in total. The molecule has 0 aliphatic carbocycles. The number of aliphatic hydroxyl groups excluding tert-OH is 1. The first-order chi connectivity index (χ1) is 8.80. The quantitative estimate of drug-likeness (QED) is 0.619. The minimum Gasteiger partial charge on any atom is -0.394 e. The van der Waals surface area contributed by atoms with Gasteiger partial charge in [-0.15, -0.1) is 0 Å². The van der Waals surface area contributed by atoms with Gasteiger partial charge in [-0.3, -0.25) is 0 Å². The molecular formula is C17H36O2. The van der Waals surface area contributed by atoms with Crippen LogP contribution in [0.2, 0.25) is 0 Å². The molecule has 2 atom stereocenters. The van der Waals surface area contributed by atoms with Gasteiger partial charge in [-0.25, -0.2) is 0 Å². The molecule has 0 saturated carbocycles. The molecule has 0 aliphatic rings. The molecule has 19 heavy (non-hydrogen) atoms. The van der Waals surface area contributed by atoms with E-state index in [1.165, 1.54) is 12.8 Å². The zero-order valence-corrected chi connectivity index (χ0v) is 14.3. The fourth-order valence-electron chi connectivity index (χ4n) is 2.47. The third-order valence-corrected chi connectivity index (χ3v) is 5.43. The summed E-state index contributed by atoms with van der Waals surface area (Å²) in [5.41, 5.74) is 0.542. The van der Waals surface area contributed by atoms with Crippen molar-refractivity contribution in [3.63, 3.8) is 0 Å². The van der Waals surface area contributed by atoms with Gasteiger partial charge in [-0.05, 0) is 37.0 Å². The predicted octanol–water partition coefficient (Wildman–Crippen LogP) is 4.80. The Hall–Kier alpha value is -0.0800. The van der Waals surface area contributed by atoms with Crippen molar-refractivity contribution in [1.29, 1.82) is 0 Å². The number of ether oxygens (including phenoxy) is 1. The second-order valence-electron chi connectivity index (χ2n) is 6.70. The zero-order valence-electron chi connectivity index (χ0n) is 14.3. The van der Waals surface area contributed by atoms with Crippen molar-refractivity contribution in [2.45, 2.75) is 92.8 Å². The lowest BCUT2D eigenvalue weighted by molar-refractivity contribution is -0.108. The summed E-state index contributed by atoms with van der Waals surface area (Å²) in [6, 6.07) is 0. The Morgan fingerprint density at radius 1 is 0.947 bits per heavy atom. The molecule has 116 valence electrons. The zero-order chi connectivity index (χ0) is 15.1. The monoisotopic (exact) mass is 272 g/mol. The van der Waals surface area contributed by atoms with Gasteiger partial charge in [0.15, 0.2) is 0 Å². The third kappa shape index (κ3) is 5.43. The van der Waals surface area contributed by atoms with Crippen molar-refractivity contribution in [1.82, 2.24) is 0 Å². The highest BCUT2D eigenvalue weighted by Gasteiger charge is 2.37. The third-order valence-electron chi connectivity index (χ3n) is 5.43. The molecule has 0 aromatic carbocycles. The van der Waals surface area contributed by atoms with Crippen molar-refractivity contribution in [3.8, 4) is 0 Å². The molecule has 0 saturated heterocycles. The molecule has 0 rings (SSSR count). The highest BCUT2D eigenvalue weighted by atomic mass is 16.5. The molecule has 0 bridgehead atoms. The standard InChI is InChI=1S/C17H36O2/c1-8-16(6,9-2)12-15(19-14(5)13-18)17(7,10-3)11-4/h14-15,18H,8-13H2,1-7H3. The van der Waals surface area contributed by atoms with Crippen molar-refractivity contribution >= 4 is 0 Å². The Bertz CT molecular complexity index is 229. The Balaban J connectivity index is 5.05. The fourth-order valence-corrected chi connectivity index (χ4v) is 2.47. The van der Waals surface area contributed by atoms with E-state index >= 15 is 0 Å². The Kier molecular flexibility index (Phi) is 8.23. The van der Waals surface area contributed by atoms with Crippen molar-refractivity contribution in [2.75, 3.05) is 6.61 Å². The van der Waals surface area contributed by atoms with Gasteiger partial charge in [-0.2, -0.15) is 0 Å². The predicted molar refractivity (Wildman–Crippen MR) is 83.4 cm³/mol. The molecule has 0 fully saturated rings. The number of rotatable bonds is 10. The van der Waals surface area contributed by atoms with Crippen molar-refractivity contribution in [3.05, 3.63) is 0 Å². The van der Waals surface area contributed by atoms with E-state index in [1.807, 2.05) is 6.92 Å². The molecule has 2 unspecified atom stereocenters. The van der Waals surface area contributed by atoms with Crippen LogP contribution < -0.4 is 0 Å². The van der Waals surface area contributed by atoms with Crippen molar-refractivity contribution < 1.29 is 9.84 Å². The van der Waals surface area contributed by atoms with Gasteiger partial charge < -0.3 is 9.84 Å². The van der Waals surface area contributed by atoms with Crippen LogP contribution in [0.1, 0.15) is 80.6 Å². The number of hydrogen-bond acceptors (Lipinski definition) is 2. The van der Waals surface area contributed by atoms with Crippen LogP contribution in [-0.2, 0) is 4.74 Å². The lowest BCUT2D eigenvalue weighted by atomic mass is 9.70. The lowest BCUT2D eigenvalue weighted by Gasteiger charge is -2.42. The Morgan fingerprint density at radius 2 is 1.42 bits per heavy atom. The molecular weight excluding hydrogens is 236 g/mol. The molecule has 0 aromatic rings. The second-order valence-corrected chi connectivity index (χ2v) is 6.70. The van der Waals surface area contributed by atoms with Gasteiger partial charge >= 0.3 is 0 Å². The lowest BCUT2D eigenvalue weighted by Crippen LogP contribution is -2.40. The minimum absolute atomic E-state index is 0.0691. The largest absolute Gasteiger partial charge is 0.394 e. The number of aliphatic hydroxyl groups is 1. The summed E-state index contributed by atoms with van der Waals surface area (Å²) in [5.74, 6) is 0. The van der Waals surface area contributed by atoms with Crippen LogP contribution in [-0.4, -0.2) is 23.9 Å². The average molecular weight is 272 g/mol. The summed E-state index contributed by atoms with van der Waals surface area (Å²) in [6.07, 6.45) is 5.85. The first-order valence-corrected chi connectivity index (χ1v) is 8.07. The van der Waals surface area contributed by atoms with E-state index in [9.17, 15) is 5.11 Å². The molecule has 0 aliphatic heterocycles. The first kappa shape index (κ1) is 18.9. The van der Waals surface area contributed by atoms with Gasteiger partial charge in [0.2, 0.25) is 0 Å². The normalized spacial score (nSPS) is 16.4. The van der Waals surface area contributed by atoms with Crippen LogP contribution in [0.15, 0.2) is 0 Å². The Labute approximate surface area is 120 Å². The van der Waals surface area contributed by atoms with E-state index in [0.717, 1.165) is 19.3 Å². The minimum atomic E-state index is -0.0691. The highest BCUT2D eigenvalue weighted by molar-refractivity contribution is 4.87. The maximum absolute atomic E-state index is 9.28. The van der Waals surface area contributed by atoms with Crippen LogP contribution in [0, 0.1) is 10.8 Å². The van der Waals surface area contributed by atoms with Crippen LogP contribution in [0.5, 0.6) is 0 Å². The van der Waals surface area contributed by atoms with Gasteiger partial charge in [0, 0.05) is 0 Å². The van der Waals surface area contributed by atoms with E-state index in [-0.39, 0.29) is 24.2 Å². The van der Waals surface area contributed by atoms with Crippen LogP contribution in [0.25, 0.3) is 0 Å². The van der Waals surface area contributed by atoms with Crippen LogP contribution >= 0.6 is 0 Å². The van der Waals surface area contributed by atoms with Crippen LogP contribution in [0.4, 0.5) is 0 Å². The first-order valence-electron chi connectivity index (χ1n) is 8.07. The van der Waals surface area contributed by atoms with E-state index in [2.05, 4.69) is 41.5 Å². The van der Waals surface area contributed by atoms with Gasteiger partial charge in [-0.1, -0.05) is 54.4 Å². The molecule has 0 aromatic heterocycles. The summed E-state index contributed by atoms with van der Waals surface area (Å²) >= 11 is 0. The van der Waals surface area contributed by atoms with E-state index < -0.39 is 0 Å². The van der Waals surface area contributed by atoms with E-state index in [1.54, 1.807) is 0 Å². The summed E-state index contributed by atoms with van der Waals surface area (Å²) in [6.45, 7) is 15.8. The number of hydrogen-bond donors (Lipinski definition) is 1. The molecule has 0 heterocycles. The second kappa shape index (κ2) is 8.26. The van der Waals surface area contributed by atoms with E-state index in [4.69, 9.17) is 4.74 Å². The maximum atomic E-state index is 9.28. The van der Waals surface area contributed by atoms with Gasteiger partial charge in [0.05, 0.1) is 18.8 Å². The maximum Gasteiger partial charge on any atom is 0.0781 e. The highest BCUT2D eigenvalue weighted by Crippen LogP contribution is 2.41. The van der Waals surface area contributed by atoms with Crippen molar-refractivity contribution in [2.24, 2.45) is 10.8 Å². The summed E-state index contributed by atoms with van der Waals surface area (Å²) in [5, 5.41) is 9.28. The summed E-state index contributed by atoms with van der Waals surface area (Å²) in [7, 11) is 0. The average Bonchev–Trinajstić information content (AvgIpc) is 2.45. The molecule has 0 amide bonds. The smallest absolute Gasteiger partial charge is 0.0781 e. The molecule has 1 N–H and O–H groups in total. The Morgan fingerprint density at radius 3 is 1.74 bits per heavy atom. The summed E-state index contributed by atoms with van der Waals surface area (Å²) in [4.78, 5) is 0. The topological polar surface area (TPSA) is 29.5 Å². The van der Waals surface area contributed by atoms with Gasteiger partial charge in [0.25, 0.3) is 0 Å².